The fraction of sp³-hybridized carbons (Fsp3) is 0.355. The van der Waals surface area contributed by atoms with E-state index < -0.39 is 24.7 Å². The maximum atomic E-state index is 13.0. The van der Waals surface area contributed by atoms with Crippen LogP contribution in [0.3, 0.4) is 0 Å². The minimum atomic E-state index is -4.57. The van der Waals surface area contributed by atoms with Gasteiger partial charge >= 0.3 is 12.8 Å². The number of hydrogen-bond acceptors (Lipinski definition) is 4. The predicted molar refractivity (Wildman–Crippen MR) is 146 cm³/mol. The first-order valence-corrected chi connectivity index (χ1v) is 12.8. The van der Waals surface area contributed by atoms with Gasteiger partial charge in [-0.2, -0.15) is 22.0 Å². The standard InChI is InChI=1S/C31H32F5N3O/c1-5-22(23-10-7-19(3)8-11-23)16-26(29(37)25-13-12-24(15-20(25)4)40-30(32)33)27-14-9-21(17-38-27)18-39-28(6-2)31(34,35)36/h2,7-15,17,22,26,28,30,37,39H,5,16,18H2,1,3-4H3. The molecule has 0 aliphatic carbocycles. The van der Waals surface area contributed by atoms with Crippen molar-refractivity contribution in [1.82, 2.24) is 10.3 Å². The Morgan fingerprint density at radius 1 is 1.07 bits per heavy atom. The molecular weight excluding hydrogens is 525 g/mol. The van der Waals surface area contributed by atoms with Crippen molar-refractivity contribution < 1.29 is 26.7 Å². The van der Waals surface area contributed by atoms with Crippen LogP contribution in [0.4, 0.5) is 22.0 Å². The Kier molecular flexibility index (Phi) is 10.4. The molecule has 0 radical (unpaired) electrons. The highest BCUT2D eigenvalue weighted by Crippen LogP contribution is 2.35. The van der Waals surface area contributed by atoms with Crippen LogP contribution in [0, 0.1) is 31.6 Å². The summed E-state index contributed by atoms with van der Waals surface area (Å²) in [5.41, 5.74) is 4.77. The largest absolute Gasteiger partial charge is 0.435 e. The van der Waals surface area contributed by atoms with Crippen LogP contribution >= 0.6 is 0 Å². The van der Waals surface area contributed by atoms with Crippen LogP contribution in [-0.4, -0.2) is 29.5 Å². The van der Waals surface area contributed by atoms with Crippen molar-refractivity contribution >= 4 is 5.71 Å². The van der Waals surface area contributed by atoms with Gasteiger partial charge in [0.05, 0.1) is 0 Å². The highest BCUT2D eigenvalue weighted by molar-refractivity contribution is 6.04. The lowest BCUT2D eigenvalue weighted by Crippen LogP contribution is -2.40. The highest BCUT2D eigenvalue weighted by Gasteiger charge is 2.38. The minimum Gasteiger partial charge on any atom is -0.435 e. The van der Waals surface area contributed by atoms with Gasteiger partial charge in [-0.25, -0.2) is 0 Å². The van der Waals surface area contributed by atoms with Crippen molar-refractivity contribution in [1.29, 1.82) is 5.41 Å². The molecule has 0 fully saturated rings. The number of nitrogens with zero attached hydrogens (tertiary/aromatic N) is 1. The first-order valence-electron chi connectivity index (χ1n) is 12.8. The molecular formula is C31H32F5N3O. The fourth-order valence-electron chi connectivity index (χ4n) is 4.59. The van der Waals surface area contributed by atoms with Crippen LogP contribution in [-0.2, 0) is 6.54 Å². The Morgan fingerprint density at radius 3 is 2.30 bits per heavy atom. The molecule has 0 saturated carbocycles. The SMILES string of the molecule is C#CC(NCc1ccc(C(CC(CC)c2ccc(C)cc2)C(=N)c2ccc(OC(F)F)cc2C)nc1)C(F)(F)F. The monoisotopic (exact) mass is 557 g/mol. The summed E-state index contributed by atoms with van der Waals surface area (Å²) in [6.07, 6.45) is 3.28. The minimum absolute atomic E-state index is 0.00537. The van der Waals surface area contributed by atoms with E-state index in [0.717, 1.165) is 17.5 Å². The summed E-state index contributed by atoms with van der Waals surface area (Å²) < 4.78 is 68.9. The van der Waals surface area contributed by atoms with Crippen LogP contribution in [0.15, 0.2) is 60.8 Å². The van der Waals surface area contributed by atoms with Crippen LogP contribution in [0.2, 0.25) is 0 Å². The van der Waals surface area contributed by atoms with Gasteiger partial charge in [0.25, 0.3) is 0 Å². The lowest BCUT2D eigenvalue weighted by atomic mass is 9.80. The molecule has 40 heavy (non-hydrogen) atoms. The van der Waals surface area contributed by atoms with Crippen molar-refractivity contribution in [3.8, 4) is 18.1 Å². The Labute approximate surface area is 231 Å². The molecule has 0 spiro atoms. The number of hydrogen-bond donors (Lipinski definition) is 2. The molecule has 0 bridgehead atoms. The highest BCUT2D eigenvalue weighted by atomic mass is 19.4. The maximum absolute atomic E-state index is 13.0. The van der Waals surface area contributed by atoms with Crippen molar-refractivity contribution in [2.45, 2.75) is 70.8 Å². The molecule has 0 amide bonds. The molecule has 9 heteroatoms. The van der Waals surface area contributed by atoms with E-state index in [-0.39, 0.29) is 23.9 Å². The summed E-state index contributed by atoms with van der Waals surface area (Å²) in [5, 5.41) is 11.4. The molecule has 2 aromatic carbocycles. The number of benzene rings is 2. The molecule has 4 nitrogen and oxygen atoms in total. The van der Waals surface area contributed by atoms with Crippen LogP contribution in [0.25, 0.3) is 0 Å². The van der Waals surface area contributed by atoms with E-state index in [4.69, 9.17) is 11.8 Å². The van der Waals surface area contributed by atoms with Gasteiger partial charge in [0.2, 0.25) is 0 Å². The lowest BCUT2D eigenvalue weighted by molar-refractivity contribution is -0.142. The Bertz CT molecular complexity index is 1310. The van der Waals surface area contributed by atoms with E-state index in [1.807, 2.05) is 19.1 Å². The third-order valence-corrected chi connectivity index (χ3v) is 6.83. The van der Waals surface area contributed by atoms with Crippen molar-refractivity contribution in [3.05, 3.63) is 94.3 Å². The molecule has 3 aromatic rings. The van der Waals surface area contributed by atoms with Crippen molar-refractivity contribution in [3.63, 3.8) is 0 Å². The quantitative estimate of drug-likeness (QED) is 0.136. The summed E-state index contributed by atoms with van der Waals surface area (Å²) in [7, 11) is 0. The smallest absolute Gasteiger partial charge is 0.415 e. The van der Waals surface area contributed by atoms with Gasteiger partial charge in [0, 0.05) is 30.1 Å². The number of rotatable bonds is 12. The van der Waals surface area contributed by atoms with Gasteiger partial charge < -0.3 is 10.1 Å². The number of halogens is 5. The molecule has 212 valence electrons. The number of alkyl halides is 5. The summed E-state index contributed by atoms with van der Waals surface area (Å²) in [6, 6.07) is 14.0. The molecule has 2 N–H and O–H groups in total. The van der Waals surface area contributed by atoms with Crippen molar-refractivity contribution in [2.75, 3.05) is 0 Å². The number of aryl methyl sites for hydroxylation is 2. The first-order chi connectivity index (χ1) is 18.9. The van der Waals surface area contributed by atoms with Gasteiger partial charge in [-0.15, -0.1) is 6.42 Å². The van der Waals surface area contributed by atoms with Gasteiger partial charge in [-0.1, -0.05) is 48.7 Å². The zero-order valence-corrected chi connectivity index (χ0v) is 22.5. The van der Waals surface area contributed by atoms with Crippen LogP contribution in [0.1, 0.15) is 65.1 Å². The van der Waals surface area contributed by atoms with E-state index in [2.05, 4.69) is 34.1 Å². The maximum Gasteiger partial charge on any atom is 0.415 e. The average Bonchev–Trinajstić information content (AvgIpc) is 2.89. The Morgan fingerprint density at radius 2 is 1.77 bits per heavy atom. The normalized spacial score (nSPS) is 13.9. The number of ether oxygens (including phenoxy) is 1. The second kappa shape index (κ2) is 13.5. The van der Waals surface area contributed by atoms with E-state index in [0.29, 0.717) is 28.8 Å². The lowest BCUT2D eigenvalue weighted by Gasteiger charge is -2.25. The van der Waals surface area contributed by atoms with E-state index in [1.54, 1.807) is 31.0 Å². The second-order valence-corrected chi connectivity index (χ2v) is 9.69. The molecule has 3 unspecified atom stereocenters. The van der Waals surface area contributed by atoms with E-state index in [1.165, 1.54) is 18.3 Å². The predicted octanol–water partition coefficient (Wildman–Crippen LogP) is 7.69. The Balaban J connectivity index is 1.92. The average molecular weight is 558 g/mol. The van der Waals surface area contributed by atoms with Gasteiger partial charge in [-0.05, 0) is 79.1 Å². The molecule has 0 aliphatic heterocycles. The number of nitrogens with one attached hydrogen (secondary N) is 2. The molecule has 3 atom stereocenters. The molecule has 1 heterocycles. The summed E-state index contributed by atoms with van der Waals surface area (Å²) in [6.45, 7) is 2.71. The molecule has 1 aromatic heterocycles. The third-order valence-electron chi connectivity index (χ3n) is 6.83. The van der Waals surface area contributed by atoms with Gasteiger partial charge in [-0.3, -0.25) is 10.3 Å². The molecule has 0 aliphatic rings. The third kappa shape index (κ3) is 8.12. The van der Waals surface area contributed by atoms with Crippen LogP contribution < -0.4 is 10.1 Å². The zero-order valence-electron chi connectivity index (χ0n) is 22.5. The number of terminal acetylenes is 1. The number of aromatic nitrogens is 1. The topological polar surface area (TPSA) is 58.0 Å². The summed E-state index contributed by atoms with van der Waals surface area (Å²) in [5.74, 6) is 1.34. The Hall–Kier alpha value is -3.77. The van der Waals surface area contributed by atoms with Gasteiger partial charge in [0.15, 0.2) is 6.04 Å². The van der Waals surface area contributed by atoms with Gasteiger partial charge in [0.1, 0.15) is 5.75 Å². The first kappa shape index (κ1) is 30.8. The summed E-state index contributed by atoms with van der Waals surface area (Å²) in [4.78, 5) is 4.54. The molecule has 0 saturated heterocycles. The fourth-order valence-corrected chi connectivity index (χ4v) is 4.59. The molecule has 3 rings (SSSR count). The van der Waals surface area contributed by atoms with Crippen molar-refractivity contribution in [2.24, 2.45) is 0 Å². The zero-order chi connectivity index (χ0) is 29.4. The second-order valence-electron chi connectivity index (χ2n) is 9.69. The summed E-state index contributed by atoms with van der Waals surface area (Å²) >= 11 is 0. The van der Waals surface area contributed by atoms with E-state index in [9.17, 15) is 22.0 Å². The number of pyridine rings is 1. The van der Waals surface area contributed by atoms with Crippen LogP contribution in [0.5, 0.6) is 5.75 Å². The van der Waals surface area contributed by atoms with E-state index >= 15 is 0 Å².